The summed E-state index contributed by atoms with van der Waals surface area (Å²) < 4.78 is 375. The number of pyridine rings is 4. The molecule has 0 spiro atoms. The first-order valence-electron chi connectivity index (χ1n) is 37.1. The minimum absolute atomic E-state index is 0.00444. The standard InChI is InChI=1S/C19H15F6N5O2S2.C19H15F6N5O2S.C19H15F6N5S2.C19H15F6N5S/c1-4-34(31,32)14-7-13-11(28-17(29(13)2)18(20,21)22)6-10(14)15-27-12-5-9(33-19(23,24)25)8-26-16(12)30(15)3;1-4-33(31,32)14-7-13-11(28-17(29(13)2)19(23,24)25)6-10(14)15-27-12-5-9(18(20,21)22)8-26-16(12)30(15)3;1-4-31-14-7-13-11(28-17(29(13)2)18(20,21)22)6-10(14)15-27-12-5-9(32-19(23,24)25)8-26-16(12)30(15)3;1-4-31-14-7-13-11(28-17(29(13)2)19(23,24)25)6-10(14)15-27-12-5-9(18(20,21)22)8-26-16(12)30(15)3/h5-8H,4H2,1-3H3;5-8H,4H2,1-3H3;5-8H,4H2,1-3H3;5-8H,4H2,1-3H3. The van der Waals surface area contributed by atoms with Gasteiger partial charge in [0.1, 0.15) is 45.4 Å². The van der Waals surface area contributed by atoms with Crippen molar-refractivity contribution in [3.8, 4) is 45.6 Å². The molecule has 130 heavy (non-hydrogen) atoms. The number of sulfone groups is 2. The van der Waals surface area contributed by atoms with Gasteiger partial charge in [-0.1, -0.05) is 27.7 Å². The van der Waals surface area contributed by atoms with Crippen molar-refractivity contribution in [3.63, 3.8) is 0 Å². The molecule has 54 heteroatoms. The van der Waals surface area contributed by atoms with E-state index in [1.54, 1.807) is 30.8 Å². The van der Waals surface area contributed by atoms with Gasteiger partial charge in [-0.2, -0.15) is 105 Å². The lowest BCUT2D eigenvalue weighted by molar-refractivity contribution is -0.147. The molecule has 0 atom stereocenters. The Morgan fingerprint density at radius 2 is 0.531 bits per heavy atom. The maximum atomic E-state index is 13.4. The average molecular weight is 1970 g/mol. The molecule has 24 nitrogen and oxygen atoms in total. The van der Waals surface area contributed by atoms with Crippen LogP contribution in [0, 0.1) is 0 Å². The van der Waals surface area contributed by atoms with Crippen LogP contribution >= 0.6 is 47.0 Å². The van der Waals surface area contributed by atoms with Gasteiger partial charge in [0.15, 0.2) is 42.3 Å². The molecule has 0 aliphatic carbocycles. The van der Waals surface area contributed by atoms with Gasteiger partial charge in [-0.15, -0.1) is 23.5 Å². The summed E-state index contributed by atoms with van der Waals surface area (Å²) in [6.07, 6.45) is -24.6. The van der Waals surface area contributed by atoms with Gasteiger partial charge in [-0.25, -0.2) is 76.6 Å². The predicted octanol–water partition coefficient (Wildman–Crippen LogP) is 21.2. The van der Waals surface area contributed by atoms with Gasteiger partial charge in [-0.05, 0) is 108 Å². The van der Waals surface area contributed by atoms with Gasteiger partial charge in [0.05, 0.1) is 76.6 Å². The van der Waals surface area contributed by atoms with E-state index in [0.29, 0.717) is 66.9 Å². The van der Waals surface area contributed by atoms with E-state index < -0.39 is 102 Å². The Kier molecular flexibility index (Phi) is 25.4. The van der Waals surface area contributed by atoms with E-state index in [4.69, 9.17) is 0 Å². The zero-order chi connectivity index (χ0) is 95.9. The molecule has 16 rings (SSSR count). The smallest absolute Gasteiger partial charge is 0.323 e. The molecule has 0 aliphatic rings. The van der Waals surface area contributed by atoms with E-state index in [-0.39, 0.29) is 149 Å². The van der Waals surface area contributed by atoms with Crippen LogP contribution in [0.25, 0.3) is 134 Å². The van der Waals surface area contributed by atoms with Crippen LogP contribution < -0.4 is 0 Å². The summed E-state index contributed by atoms with van der Waals surface area (Å²) in [4.78, 5) is 48.0. The number of hydrogen-bond donors (Lipinski definition) is 0. The highest BCUT2D eigenvalue weighted by Crippen LogP contribution is 2.47. The molecule has 692 valence electrons. The van der Waals surface area contributed by atoms with Gasteiger partial charge in [-0.3, -0.25) is 0 Å². The molecule has 0 saturated heterocycles. The van der Waals surface area contributed by atoms with Crippen LogP contribution in [0.2, 0.25) is 0 Å². The number of thioether (sulfide) groups is 4. The molecule has 12 heterocycles. The molecule has 0 unspecified atom stereocenters. The van der Waals surface area contributed by atoms with Gasteiger partial charge >= 0.3 is 48.1 Å². The Morgan fingerprint density at radius 1 is 0.285 bits per heavy atom. The van der Waals surface area contributed by atoms with Gasteiger partial charge in [0.2, 0.25) is 23.3 Å². The third kappa shape index (κ3) is 19.1. The maximum Gasteiger partial charge on any atom is 0.449 e. The van der Waals surface area contributed by atoms with E-state index in [2.05, 4.69) is 59.8 Å². The Morgan fingerprint density at radius 3 is 0.777 bits per heavy atom. The third-order valence-corrected chi connectivity index (χ3v) is 26.6. The Balaban J connectivity index is 0.000000148. The minimum atomic E-state index is -4.78. The number of hydrogen-bond acceptors (Lipinski definition) is 20. The number of aromatic nitrogens is 20. The summed E-state index contributed by atoms with van der Waals surface area (Å²) in [5.41, 5.74) is -8.65. The first-order chi connectivity index (χ1) is 60.1. The summed E-state index contributed by atoms with van der Waals surface area (Å²) in [6.45, 7) is 6.53. The van der Waals surface area contributed by atoms with Crippen LogP contribution in [-0.4, -0.2) is 147 Å². The Bertz CT molecular complexity index is 7410. The Labute approximate surface area is 732 Å². The maximum absolute atomic E-state index is 13.4. The number of alkyl halides is 24. The number of aryl methyl sites for hydroxylation is 8. The zero-order valence-electron chi connectivity index (χ0n) is 68.2. The number of imidazole rings is 8. The van der Waals surface area contributed by atoms with Crippen molar-refractivity contribution in [1.29, 1.82) is 0 Å². The molecule has 0 saturated carbocycles. The lowest BCUT2D eigenvalue weighted by Gasteiger charge is -2.11. The van der Waals surface area contributed by atoms with Crippen molar-refractivity contribution in [3.05, 3.63) is 132 Å². The molecule has 4 aromatic carbocycles. The van der Waals surface area contributed by atoms with Crippen molar-refractivity contribution < 1.29 is 122 Å². The molecular formula is C76H60F24N20O4S6. The fourth-order valence-electron chi connectivity index (χ4n) is 13.9. The predicted molar refractivity (Wildman–Crippen MR) is 435 cm³/mol. The van der Waals surface area contributed by atoms with Crippen LogP contribution in [0.1, 0.15) is 62.1 Å². The fraction of sp³-hybridized carbons (Fsp3) is 0.316. The van der Waals surface area contributed by atoms with Crippen LogP contribution in [0.3, 0.4) is 0 Å². The largest absolute Gasteiger partial charge is 0.449 e. The van der Waals surface area contributed by atoms with E-state index in [9.17, 15) is 122 Å². The van der Waals surface area contributed by atoms with E-state index in [1.807, 2.05) is 13.8 Å². The first-order valence-corrected chi connectivity index (χ1v) is 44.0. The number of halogens is 24. The summed E-state index contributed by atoms with van der Waals surface area (Å²) >= 11 is 2.13. The molecule has 0 fully saturated rings. The van der Waals surface area contributed by atoms with Crippen molar-refractivity contribution >= 4 is 156 Å². The van der Waals surface area contributed by atoms with Crippen LogP contribution in [0.5, 0.6) is 0 Å². The normalized spacial score (nSPS) is 13.1. The molecule has 0 N–H and O–H groups in total. The second kappa shape index (κ2) is 34.2. The Hall–Kier alpha value is -11.1. The summed E-state index contributed by atoms with van der Waals surface area (Å²) in [5, 5.41) is 0. The van der Waals surface area contributed by atoms with Gasteiger partial charge < -0.3 is 36.5 Å². The van der Waals surface area contributed by atoms with Crippen LogP contribution in [0.4, 0.5) is 105 Å². The zero-order valence-corrected chi connectivity index (χ0v) is 73.1. The average Bonchev–Trinajstić information content (AvgIpc) is 1.66. The van der Waals surface area contributed by atoms with Crippen molar-refractivity contribution in [2.24, 2.45) is 56.4 Å². The summed E-state index contributed by atoms with van der Waals surface area (Å²) in [5.74, 6) is -3.32. The third-order valence-electron chi connectivity index (χ3n) is 19.8. The van der Waals surface area contributed by atoms with Gasteiger partial charge in [0.25, 0.3) is 0 Å². The summed E-state index contributed by atoms with van der Waals surface area (Å²) in [6, 6.07) is 14.8. The lowest BCUT2D eigenvalue weighted by Crippen LogP contribution is -2.12. The van der Waals surface area contributed by atoms with Gasteiger partial charge in [0, 0.05) is 123 Å². The van der Waals surface area contributed by atoms with E-state index in [0.717, 1.165) is 87.4 Å². The highest BCUT2D eigenvalue weighted by molar-refractivity contribution is 8.00. The van der Waals surface area contributed by atoms with Crippen LogP contribution in [0.15, 0.2) is 127 Å². The van der Waals surface area contributed by atoms with Crippen molar-refractivity contribution in [2.45, 2.75) is 105 Å². The minimum Gasteiger partial charge on any atom is -0.323 e. The van der Waals surface area contributed by atoms with Crippen molar-refractivity contribution in [1.82, 2.24) is 96.3 Å². The molecule has 0 bridgehead atoms. The quantitative estimate of drug-likeness (QED) is 0.0723. The SMILES string of the molecule is CCS(=O)(=O)c1cc2c(cc1-c1nc3cc(C(F)(F)F)cnc3n1C)nc(C(F)(F)F)n2C.CCS(=O)(=O)c1cc2c(cc1-c1nc3cc(SC(F)(F)F)cnc3n1C)nc(C(F)(F)F)n2C.CCSc1cc2c(cc1-c1nc3cc(C(F)(F)F)cnc3n1C)nc(C(F)(F)F)n2C.CCSc1cc2c(cc1-c1nc3cc(SC(F)(F)F)cnc3n1C)nc(C(F)(F)F)n2C. The van der Waals surface area contributed by atoms with Crippen LogP contribution in [-0.2, 0) is 113 Å². The molecule has 0 amide bonds. The van der Waals surface area contributed by atoms with E-state index >= 15 is 0 Å². The summed E-state index contributed by atoms with van der Waals surface area (Å²) in [7, 11) is 3.03. The number of fused-ring (bicyclic) bond motifs is 8. The molecule has 16 aromatic rings. The second-order valence-electron chi connectivity index (χ2n) is 28.2. The number of benzene rings is 4. The first kappa shape index (κ1) is 96.4. The molecule has 0 radical (unpaired) electrons. The second-order valence-corrected chi connectivity index (χ2v) is 37.6. The molecular weight excluding hydrogens is 1910 g/mol. The monoisotopic (exact) mass is 1960 g/mol. The highest BCUT2D eigenvalue weighted by Gasteiger charge is 2.43. The lowest BCUT2D eigenvalue weighted by atomic mass is 10.2. The number of nitrogens with zero attached hydrogens (tertiary/aromatic N) is 20. The highest BCUT2D eigenvalue weighted by atomic mass is 32.2. The van der Waals surface area contributed by atoms with Crippen molar-refractivity contribution in [2.75, 3.05) is 23.0 Å². The topological polar surface area (TPSA) is 262 Å². The number of rotatable bonds is 14. The molecule has 12 aromatic heterocycles. The fourth-order valence-corrected chi connectivity index (χ4v) is 18.8. The molecule has 0 aliphatic heterocycles. The van der Waals surface area contributed by atoms with E-state index in [1.165, 1.54) is 104 Å².